The highest BCUT2D eigenvalue weighted by Gasteiger charge is 2.31. The monoisotopic (exact) mass is 284 g/mol. The van der Waals surface area contributed by atoms with Gasteiger partial charge in [-0.05, 0) is 13.8 Å². The Bertz CT molecular complexity index is 268. The second kappa shape index (κ2) is 6.13. The molecule has 0 fully saturated rings. The van der Waals surface area contributed by atoms with E-state index in [0.29, 0.717) is 4.66 Å². The van der Waals surface area contributed by atoms with E-state index in [0.717, 1.165) is 0 Å². The second-order valence-corrected chi connectivity index (χ2v) is 19.2. The molecule has 0 amide bonds. The van der Waals surface area contributed by atoms with Crippen LogP contribution in [-0.4, -0.2) is 37.4 Å². The van der Waals surface area contributed by atoms with E-state index in [1.165, 1.54) is 5.67 Å². The minimum Gasteiger partial charge on any atom is -0.395 e. The van der Waals surface area contributed by atoms with E-state index in [1.807, 2.05) is 13.8 Å². The van der Waals surface area contributed by atoms with Gasteiger partial charge < -0.3 is 5.11 Å². The fourth-order valence-corrected chi connectivity index (χ4v) is 16.2. The Morgan fingerprint density at radius 1 is 1.06 bits per heavy atom. The fraction of sp³-hybridized carbons (Fsp3) is 0.538. The van der Waals surface area contributed by atoms with E-state index in [9.17, 15) is 5.11 Å². The number of hydrogen-bond acceptors (Lipinski definition) is 1. The topological polar surface area (TPSA) is 20.2 Å². The molecular formula is C13H28OSi3. The molecule has 0 aromatic rings. The lowest BCUT2D eigenvalue weighted by molar-refractivity contribution is 0.163. The Balaban J connectivity index is 4.59. The Morgan fingerprint density at radius 2 is 1.47 bits per heavy atom. The zero-order valence-corrected chi connectivity index (χ0v) is 15.8. The van der Waals surface area contributed by atoms with Crippen LogP contribution in [0, 0.1) is 0 Å². The van der Waals surface area contributed by atoms with Crippen LogP contribution in [0.25, 0.3) is 0 Å². The van der Waals surface area contributed by atoms with Crippen molar-refractivity contribution in [1.29, 1.82) is 0 Å². The zero-order valence-electron chi connectivity index (χ0n) is 11.9. The largest absolute Gasteiger partial charge is 0.395 e. The molecule has 0 aliphatic carbocycles. The van der Waals surface area contributed by atoms with Crippen LogP contribution in [0.3, 0.4) is 0 Å². The summed E-state index contributed by atoms with van der Waals surface area (Å²) in [6.07, 6.45) is 0. The van der Waals surface area contributed by atoms with Crippen molar-refractivity contribution in [2.75, 3.05) is 0 Å². The Morgan fingerprint density at radius 3 is 1.76 bits per heavy atom. The molecular weight excluding hydrogens is 256 g/mol. The minimum absolute atomic E-state index is 0.228. The summed E-state index contributed by atoms with van der Waals surface area (Å²) < 4.78 is 0.408. The third-order valence-corrected chi connectivity index (χ3v) is 15.0. The molecule has 0 aromatic carbocycles. The van der Waals surface area contributed by atoms with Crippen molar-refractivity contribution >= 4 is 27.1 Å². The predicted octanol–water partition coefficient (Wildman–Crippen LogP) is 1.79. The van der Waals surface area contributed by atoms with Gasteiger partial charge in [0.05, 0.1) is 9.52 Å². The van der Waals surface area contributed by atoms with Crippen molar-refractivity contribution in [1.82, 2.24) is 0 Å². The van der Waals surface area contributed by atoms with Crippen LogP contribution in [0.4, 0.5) is 0 Å². The molecule has 0 unspecified atom stereocenters. The van der Waals surface area contributed by atoms with Gasteiger partial charge in [0.1, 0.15) is 8.07 Å². The van der Waals surface area contributed by atoms with E-state index in [1.54, 1.807) is 0 Å². The van der Waals surface area contributed by atoms with E-state index >= 15 is 0 Å². The minimum atomic E-state index is -1.61. The first-order valence-corrected chi connectivity index (χ1v) is 11.8. The van der Waals surface area contributed by atoms with Crippen molar-refractivity contribution in [2.45, 2.75) is 43.2 Å². The summed E-state index contributed by atoms with van der Waals surface area (Å²) in [7, 11) is -2.31. The quantitative estimate of drug-likeness (QED) is 0.674. The first kappa shape index (κ1) is 16.8. The van der Waals surface area contributed by atoms with Gasteiger partial charge >= 0.3 is 0 Å². The van der Waals surface area contributed by atoms with Crippen LogP contribution < -0.4 is 0 Å². The average Bonchev–Trinajstić information content (AvgIpc) is 2.17. The molecule has 0 aromatic heterocycles. The summed E-state index contributed by atoms with van der Waals surface area (Å²) in [4.78, 5) is 0. The molecule has 98 valence electrons. The van der Waals surface area contributed by atoms with Crippen LogP contribution in [0.5, 0.6) is 0 Å². The van der Waals surface area contributed by atoms with E-state index in [4.69, 9.17) is 0 Å². The molecule has 0 saturated carbocycles. The highest BCUT2D eigenvalue weighted by atomic mass is 28.4. The zero-order chi connectivity index (χ0) is 13.7. The van der Waals surface area contributed by atoms with Crippen LogP contribution in [0.1, 0.15) is 27.7 Å². The highest BCUT2D eigenvalue weighted by Crippen LogP contribution is 2.29. The Hall–Kier alpha value is -0.169. The molecule has 0 aliphatic heterocycles. The molecule has 0 atom stereocenters. The summed E-state index contributed by atoms with van der Waals surface area (Å²) >= 11 is 0. The Labute approximate surface area is 112 Å². The standard InChI is InChI=1S/C13H28OSi3/c1-8-17(9-2,10-3)11-15-13(6,7)16-12(4,5)14/h8-10,14H,1-3,11,15-16H2,4-7H3. The SMILES string of the molecule is C=C[Si](C=C)(C=C)C[SiH2]C(C)(C)[SiH2]C(C)(C)O. The first-order valence-electron chi connectivity index (χ1n) is 6.23. The van der Waals surface area contributed by atoms with E-state index in [-0.39, 0.29) is 9.52 Å². The van der Waals surface area contributed by atoms with Crippen LogP contribution >= 0.6 is 0 Å². The van der Waals surface area contributed by atoms with Gasteiger partial charge in [-0.2, -0.15) is 0 Å². The maximum absolute atomic E-state index is 9.99. The molecule has 0 saturated heterocycles. The molecule has 0 aliphatic rings. The van der Waals surface area contributed by atoms with Gasteiger partial charge in [-0.1, -0.05) is 41.3 Å². The normalized spacial score (nSPS) is 14.6. The maximum atomic E-state index is 9.99. The molecule has 0 rings (SSSR count). The number of rotatable bonds is 8. The van der Waals surface area contributed by atoms with Gasteiger partial charge in [-0.3, -0.25) is 0 Å². The van der Waals surface area contributed by atoms with Gasteiger partial charge in [0.25, 0.3) is 0 Å². The predicted molar refractivity (Wildman–Crippen MR) is 88.6 cm³/mol. The summed E-state index contributed by atoms with van der Waals surface area (Å²) in [6.45, 7) is 20.4. The summed E-state index contributed by atoms with van der Waals surface area (Å²) in [6, 6.07) is 0. The van der Waals surface area contributed by atoms with Gasteiger partial charge in [0.15, 0.2) is 0 Å². The fourth-order valence-electron chi connectivity index (χ4n) is 2.37. The molecule has 0 radical (unpaired) electrons. The number of aliphatic hydroxyl groups is 1. The molecule has 0 bridgehead atoms. The lowest BCUT2D eigenvalue weighted by Gasteiger charge is -2.32. The molecule has 0 spiro atoms. The van der Waals surface area contributed by atoms with Crippen molar-refractivity contribution in [3.8, 4) is 0 Å². The first-order chi connectivity index (χ1) is 7.60. The van der Waals surface area contributed by atoms with Crippen LogP contribution in [0.15, 0.2) is 36.8 Å². The molecule has 4 heteroatoms. The summed E-state index contributed by atoms with van der Waals surface area (Å²) in [5.74, 6) is 0. The third-order valence-electron chi connectivity index (χ3n) is 3.29. The van der Waals surface area contributed by atoms with Gasteiger partial charge in [-0.15, -0.1) is 19.7 Å². The smallest absolute Gasteiger partial charge is 0.121 e. The van der Waals surface area contributed by atoms with Crippen LogP contribution in [-0.2, 0) is 0 Å². The molecule has 1 nitrogen and oxygen atoms in total. The van der Waals surface area contributed by atoms with Gasteiger partial charge in [0, 0.05) is 14.7 Å². The van der Waals surface area contributed by atoms with Crippen molar-refractivity contribution < 1.29 is 5.11 Å². The third kappa shape index (κ3) is 6.35. The van der Waals surface area contributed by atoms with Gasteiger partial charge in [0.2, 0.25) is 0 Å². The van der Waals surface area contributed by atoms with Crippen molar-refractivity contribution in [2.24, 2.45) is 0 Å². The van der Waals surface area contributed by atoms with E-state index < -0.39 is 22.8 Å². The van der Waals surface area contributed by atoms with Crippen LogP contribution in [0.2, 0.25) is 10.3 Å². The average molecular weight is 285 g/mol. The molecule has 17 heavy (non-hydrogen) atoms. The molecule has 1 N–H and O–H groups in total. The van der Waals surface area contributed by atoms with Gasteiger partial charge in [-0.25, -0.2) is 0 Å². The lowest BCUT2D eigenvalue weighted by atomic mass is 10.5. The van der Waals surface area contributed by atoms with Crippen molar-refractivity contribution in [3.63, 3.8) is 0 Å². The summed E-state index contributed by atoms with van der Waals surface area (Å²) in [5.41, 5.74) is 7.50. The van der Waals surface area contributed by atoms with Crippen molar-refractivity contribution in [3.05, 3.63) is 36.8 Å². The second-order valence-electron chi connectivity index (χ2n) is 6.38. The highest BCUT2D eigenvalue weighted by molar-refractivity contribution is 6.98. The maximum Gasteiger partial charge on any atom is 0.121 e. The lowest BCUT2D eigenvalue weighted by Crippen LogP contribution is -2.40. The summed E-state index contributed by atoms with van der Waals surface area (Å²) in [5, 5.41) is 9.56. The Kier molecular flexibility index (Phi) is 6.07. The van der Waals surface area contributed by atoms with E-state index in [2.05, 4.69) is 50.7 Å². The molecule has 0 heterocycles. The number of hydrogen-bond donors (Lipinski definition) is 1.